The molecule has 6 heteroatoms. The zero-order valence-corrected chi connectivity index (χ0v) is 17.0. The van der Waals surface area contributed by atoms with Crippen LogP contribution in [0, 0.1) is 5.92 Å². The summed E-state index contributed by atoms with van der Waals surface area (Å²) in [6.07, 6.45) is 1.11. The van der Waals surface area contributed by atoms with Crippen LogP contribution in [0.3, 0.4) is 0 Å². The minimum atomic E-state index is -0.542. The van der Waals surface area contributed by atoms with Crippen LogP contribution < -0.4 is 10.2 Å². The number of ether oxygens (including phenoxy) is 1. The van der Waals surface area contributed by atoms with Gasteiger partial charge >= 0.3 is 5.97 Å². The van der Waals surface area contributed by atoms with E-state index in [-0.39, 0.29) is 30.9 Å². The Balaban J connectivity index is 1.68. The second-order valence-corrected chi connectivity index (χ2v) is 7.75. The lowest BCUT2D eigenvalue weighted by molar-refractivity contribution is -0.122. The highest BCUT2D eigenvalue weighted by Crippen LogP contribution is 2.31. The van der Waals surface area contributed by atoms with Gasteiger partial charge in [-0.05, 0) is 49.1 Å². The molecule has 0 radical (unpaired) electrons. The Kier molecular flexibility index (Phi) is 6.32. The van der Waals surface area contributed by atoms with E-state index in [2.05, 4.69) is 19.2 Å². The van der Waals surface area contributed by atoms with Gasteiger partial charge in [0.2, 0.25) is 5.91 Å². The Bertz CT molecular complexity index is 905. The molecule has 0 bridgehead atoms. The molecule has 0 fully saturated rings. The van der Waals surface area contributed by atoms with Gasteiger partial charge in [0.15, 0.2) is 6.61 Å². The summed E-state index contributed by atoms with van der Waals surface area (Å²) >= 11 is 0. The number of benzene rings is 2. The summed E-state index contributed by atoms with van der Waals surface area (Å²) in [5.41, 5.74) is 2.73. The van der Waals surface area contributed by atoms with Gasteiger partial charge in [0, 0.05) is 12.5 Å². The summed E-state index contributed by atoms with van der Waals surface area (Å²) in [6.45, 7) is 5.69. The standard InChI is InChI=1S/C23H26N2O4/c1-15(2)12-17-8-10-18(11-9-17)23(28)29-14-22(27)25-16(3)13-21(26)24-19-6-4-5-7-20(19)25/h4-11,15-16H,12-14H2,1-3H3,(H,24,26)/t16-/m1/s1. The fourth-order valence-corrected chi connectivity index (χ4v) is 3.50. The van der Waals surface area contributed by atoms with E-state index in [1.54, 1.807) is 43.3 Å². The Labute approximate surface area is 170 Å². The van der Waals surface area contributed by atoms with Gasteiger partial charge in [-0.25, -0.2) is 4.79 Å². The first-order valence-electron chi connectivity index (χ1n) is 9.82. The van der Waals surface area contributed by atoms with Gasteiger partial charge in [0.25, 0.3) is 5.91 Å². The number of hydrogen-bond acceptors (Lipinski definition) is 4. The van der Waals surface area contributed by atoms with Crippen LogP contribution in [0.5, 0.6) is 0 Å². The lowest BCUT2D eigenvalue weighted by atomic mass is 10.0. The Morgan fingerprint density at radius 1 is 1.14 bits per heavy atom. The molecule has 3 rings (SSSR count). The smallest absolute Gasteiger partial charge is 0.338 e. The van der Waals surface area contributed by atoms with E-state index >= 15 is 0 Å². The zero-order valence-electron chi connectivity index (χ0n) is 17.0. The molecule has 1 atom stereocenters. The SMILES string of the molecule is CC(C)Cc1ccc(C(=O)OCC(=O)N2c3ccccc3NC(=O)C[C@H]2C)cc1. The lowest BCUT2D eigenvalue weighted by Gasteiger charge is -2.27. The summed E-state index contributed by atoms with van der Waals surface area (Å²) < 4.78 is 5.26. The maximum absolute atomic E-state index is 12.9. The molecule has 29 heavy (non-hydrogen) atoms. The molecule has 1 aliphatic rings. The summed E-state index contributed by atoms with van der Waals surface area (Å²) in [5, 5.41) is 2.81. The highest BCUT2D eigenvalue weighted by atomic mass is 16.5. The molecule has 0 saturated heterocycles. The largest absolute Gasteiger partial charge is 0.452 e. The van der Waals surface area contributed by atoms with Crippen LogP contribution in [0.4, 0.5) is 11.4 Å². The molecule has 2 aromatic carbocycles. The van der Waals surface area contributed by atoms with E-state index in [0.29, 0.717) is 22.9 Å². The van der Waals surface area contributed by atoms with Crippen molar-refractivity contribution < 1.29 is 19.1 Å². The fraction of sp³-hybridized carbons (Fsp3) is 0.348. The highest BCUT2D eigenvalue weighted by molar-refractivity contribution is 6.05. The number of esters is 1. The van der Waals surface area contributed by atoms with Crippen molar-refractivity contribution in [2.45, 2.75) is 39.7 Å². The molecule has 0 unspecified atom stereocenters. The first-order valence-corrected chi connectivity index (χ1v) is 9.82. The number of para-hydroxylation sites is 2. The lowest BCUT2D eigenvalue weighted by Crippen LogP contribution is -2.41. The Morgan fingerprint density at radius 2 is 1.83 bits per heavy atom. The number of fused-ring (bicyclic) bond motifs is 1. The molecule has 0 spiro atoms. The number of hydrogen-bond donors (Lipinski definition) is 1. The maximum Gasteiger partial charge on any atom is 0.338 e. The molecule has 1 N–H and O–H groups in total. The molecular formula is C23H26N2O4. The van der Waals surface area contributed by atoms with Crippen molar-refractivity contribution in [1.82, 2.24) is 0 Å². The molecule has 1 aliphatic heterocycles. The topological polar surface area (TPSA) is 75.7 Å². The predicted octanol–water partition coefficient (Wildman–Crippen LogP) is 3.81. The molecule has 6 nitrogen and oxygen atoms in total. The number of nitrogens with zero attached hydrogens (tertiary/aromatic N) is 1. The second kappa shape index (κ2) is 8.90. The third-order valence-electron chi connectivity index (χ3n) is 4.79. The van der Waals surface area contributed by atoms with Crippen molar-refractivity contribution in [2.75, 3.05) is 16.8 Å². The minimum Gasteiger partial charge on any atom is -0.452 e. The van der Waals surface area contributed by atoms with E-state index in [9.17, 15) is 14.4 Å². The normalized spacial score (nSPS) is 16.1. The third kappa shape index (κ3) is 5.02. The molecular weight excluding hydrogens is 368 g/mol. The fourth-order valence-electron chi connectivity index (χ4n) is 3.50. The van der Waals surface area contributed by atoms with Crippen LogP contribution in [0.2, 0.25) is 0 Å². The molecule has 2 amide bonds. The van der Waals surface area contributed by atoms with Gasteiger partial charge in [0.1, 0.15) is 0 Å². The molecule has 152 valence electrons. The molecule has 0 aromatic heterocycles. The van der Waals surface area contributed by atoms with E-state index in [4.69, 9.17) is 4.74 Å². The number of amides is 2. The molecule has 0 saturated carbocycles. The van der Waals surface area contributed by atoms with Gasteiger partial charge < -0.3 is 15.0 Å². The third-order valence-corrected chi connectivity index (χ3v) is 4.79. The van der Waals surface area contributed by atoms with Gasteiger partial charge in [-0.2, -0.15) is 0 Å². The number of carbonyl (C=O) groups excluding carboxylic acids is 3. The van der Waals surface area contributed by atoms with Crippen LogP contribution in [0.25, 0.3) is 0 Å². The monoisotopic (exact) mass is 394 g/mol. The van der Waals surface area contributed by atoms with Crippen LogP contribution in [-0.4, -0.2) is 30.4 Å². The van der Waals surface area contributed by atoms with Crippen LogP contribution >= 0.6 is 0 Å². The minimum absolute atomic E-state index is 0.154. The van der Waals surface area contributed by atoms with Crippen LogP contribution in [-0.2, 0) is 20.7 Å². The maximum atomic E-state index is 12.9. The molecule has 2 aromatic rings. The van der Waals surface area contributed by atoms with Gasteiger partial charge in [-0.1, -0.05) is 38.1 Å². The van der Waals surface area contributed by atoms with Crippen LogP contribution in [0.1, 0.15) is 43.1 Å². The van der Waals surface area contributed by atoms with Crippen molar-refractivity contribution in [3.63, 3.8) is 0 Å². The quantitative estimate of drug-likeness (QED) is 0.783. The van der Waals surface area contributed by atoms with Crippen molar-refractivity contribution in [3.05, 3.63) is 59.7 Å². The molecule has 1 heterocycles. The number of anilines is 2. The average Bonchev–Trinajstić information content (AvgIpc) is 2.80. The van der Waals surface area contributed by atoms with Gasteiger partial charge in [0.05, 0.1) is 16.9 Å². The van der Waals surface area contributed by atoms with E-state index < -0.39 is 5.97 Å². The van der Waals surface area contributed by atoms with E-state index in [1.807, 2.05) is 12.1 Å². The van der Waals surface area contributed by atoms with Crippen molar-refractivity contribution in [1.29, 1.82) is 0 Å². The van der Waals surface area contributed by atoms with Gasteiger partial charge in [-0.3, -0.25) is 9.59 Å². The van der Waals surface area contributed by atoms with Gasteiger partial charge in [-0.15, -0.1) is 0 Å². The van der Waals surface area contributed by atoms with Crippen molar-refractivity contribution in [3.8, 4) is 0 Å². The van der Waals surface area contributed by atoms with E-state index in [0.717, 1.165) is 12.0 Å². The van der Waals surface area contributed by atoms with E-state index in [1.165, 1.54) is 4.90 Å². The highest BCUT2D eigenvalue weighted by Gasteiger charge is 2.30. The Morgan fingerprint density at radius 3 is 2.52 bits per heavy atom. The number of rotatable bonds is 5. The van der Waals surface area contributed by atoms with Crippen molar-refractivity contribution >= 4 is 29.2 Å². The number of nitrogens with one attached hydrogen (secondary N) is 1. The molecule has 0 aliphatic carbocycles. The summed E-state index contributed by atoms with van der Waals surface area (Å²) in [7, 11) is 0. The Hall–Kier alpha value is -3.15. The number of carbonyl (C=O) groups is 3. The van der Waals surface area contributed by atoms with Crippen molar-refractivity contribution in [2.24, 2.45) is 5.92 Å². The summed E-state index contributed by atoms with van der Waals surface area (Å²) in [4.78, 5) is 38.8. The van der Waals surface area contributed by atoms with Crippen LogP contribution in [0.15, 0.2) is 48.5 Å². The first kappa shape index (κ1) is 20.6. The first-order chi connectivity index (χ1) is 13.8. The second-order valence-electron chi connectivity index (χ2n) is 7.75. The summed E-state index contributed by atoms with van der Waals surface area (Å²) in [5.74, 6) is -0.533. The zero-order chi connectivity index (χ0) is 21.0. The average molecular weight is 394 g/mol. The summed E-state index contributed by atoms with van der Waals surface area (Å²) in [6, 6.07) is 14.0. The predicted molar refractivity (Wildman–Crippen MR) is 112 cm³/mol.